The maximum Gasteiger partial charge on any atom is 0.285 e. The fourth-order valence-corrected chi connectivity index (χ4v) is 2.39. The summed E-state index contributed by atoms with van der Waals surface area (Å²) in [6.45, 7) is 1.68. The van der Waals surface area contributed by atoms with Crippen LogP contribution in [0.2, 0.25) is 0 Å². The zero-order valence-electron chi connectivity index (χ0n) is 11.0. The first-order chi connectivity index (χ1) is 9.51. The highest BCUT2D eigenvalue weighted by molar-refractivity contribution is 5.69. The molecule has 1 saturated carbocycles. The second-order valence-electron chi connectivity index (χ2n) is 5.16. The molecule has 104 valence electrons. The van der Waals surface area contributed by atoms with Gasteiger partial charge in [0.25, 0.3) is 11.6 Å². The number of nitro groups is 1. The van der Waals surface area contributed by atoms with Crippen molar-refractivity contribution in [2.24, 2.45) is 5.73 Å². The summed E-state index contributed by atoms with van der Waals surface area (Å²) in [7, 11) is 0. The fraction of sp³-hybridized carbons (Fsp3) is 0.385. The first-order valence-corrected chi connectivity index (χ1v) is 6.39. The summed E-state index contributed by atoms with van der Waals surface area (Å²) in [5, 5.41) is 15.1. The van der Waals surface area contributed by atoms with E-state index in [1.807, 2.05) is 0 Å². The normalized spacial score (nSPS) is 16.7. The van der Waals surface area contributed by atoms with Gasteiger partial charge in [0.15, 0.2) is 5.82 Å². The van der Waals surface area contributed by atoms with Gasteiger partial charge in [0, 0.05) is 5.56 Å². The number of rotatable bonds is 3. The Hall–Kier alpha value is -2.28. The standard InChI is InChI=1S/C13H14N4O3/c1-8-4-2-5-9(10(8)17(18)19)11-15-12(16-20-11)13(14)6-3-7-13/h2,4-5H,3,6-7,14H2,1H3. The van der Waals surface area contributed by atoms with Gasteiger partial charge in [-0.25, -0.2) is 0 Å². The molecule has 7 heteroatoms. The summed E-state index contributed by atoms with van der Waals surface area (Å²) >= 11 is 0. The molecule has 1 aromatic carbocycles. The first kappa shape index (κ1) is 12.7. The van der Waals surface area contributed by atoms with Crippen molar-refractivity contribution < 1.29 is 9.45 Å². The van der Waals surface area contributed by atoms with Crippen LogP contribution in [0.3, 0.4) is 0 Å². The van der Waals surface area contributed by atoms with E-state index in [9.17, 15) is 10.1 Å². The molecule has 7 nitrogen and oxygen atoms in total. The van der Waals surface area contributed by atoms with Gasteiger partial charge in [0.1, 0.15) is 5.56 Å². The average molecular weight is 274 g/mol. The lowest BCUT2D eigenvalue weighted by atomic mass is 9.77. The SMILES string of the molecule is Cc1cccc(-c2nc(C3(N)CCC3)no2)c1[N+](=O)[O-]. The number of benzene rings is 1. The minimum Gasteiger partial charge on any atom is -0.334 e. The Kier molecular flexibility index (Phi) is 2.79. The third kappa shape index (κ3) is 1.87. The molecule has 0 radical (unpaired) electrons. The van der Waals surface area contributed by atoms with Crippen LogP contribution in [0.4, 0.5) is 5.69 Å². The second-order valence-corrected chi connectivity index (χ2v) is 5.16. The van der Waals surface area contributed by atoms with E-state index in [2.05, 4.69) is 10.1 Å². The molecule has 2 N–H and O–H groups in total. The molecule has 0 unspecified atom stereocenters. The van der Waals surface area contributed by atoms with E-state index in [0.29, 0.717) is 17.0 Å². The van der Waals surface area contributed by atoms with E-state index in [1.165, 1.54) is 0 Å². The van der Waals surface area contributed by atoms with Crippen LogP contribution in [0.1, 0.15) is 30.7 Å². The lowest BCUT2D eigenvalue weighted by molar-refractivity contribution is -0.384. The van der Waals surface area contributed by atoms with Crippen LogP contribution in [0, 0.1) is 17.0 Å². The molecule has 1 fully saturated rings. The maximum absolute atomic E-state index is 11.2. The highest BCUT2D eigenvalue weighted by Gasteiger charge is 2.39. The van der Waals surface area contributed by atoms with Crippen molar-refractivity contribution >= 4 is 5.69 Å². The lowest BCUT2D eigenvalue weighted by Crippen LogP contribution is -2.44. The van der Waals surface area contributed by atoms with Crippen LogP contribution in [0.15, 0.2) is 22.7 Å². The second kappa shape index (κ2) is 4.38. The molecule has 3 rings (SSSR count). The van der Waals surface area contributed by atoms with Gasteiger partial charge in [-0.2, -0.15) is 4.98 Å². The Labute approximate surface area is 114 Å². The molecule has 0 atom stereocenters. The van der Waals surface area contributed by atoms with Crippen molar-refractivity contribution in [3.63, 3.8) is 0 Å². The summed E-state index contributed by atoms with van der Waals surface area (Å²) in [6.07, 6.45) is 2.65. The van der Waals surface area contributed by atoms with Gasteiger partial charge in [0.2, 0.25) is 0 Å². The van der Waals surface area contributed by atoms with E-state index in [1.54, 1.807) is 25.1 Å². The zero-order chi connectivity index (χ0) is 14.3. The number of hydrogen-bond acceptors (Lipinski definition) is 6. The van der Waals surface area contributed by atoms with Crippen LogP contribution in [-0.4, -0.2) is 15.1 Å². The molecule has 1 aliphatic rings. The molecule has 20 heavy (non-hydrogen) atoms. The summed E-state index contributed by atoms with van der Waals surface area (Å²) in [5.74, 6) is 0.571. The summed E-state index contributed by atoms with van der Waals surface area (Å²) in [4.78, 5) is 15.0. The summed E-state index contributed by atoms with van der Waals surface area (Å²) in [5.41, 5.74) is 6.46. The zero-order valence-corrected chi connectivity index (χ0v) is 11.0. The number of aromatic nitrogens is 2. The van der Waals surface area contributed by atoms with Crippen molar-refractivity contribution in [2.45, 2.75) is 31.7 Å². The Balaban J connectivity index is 2.06. The maximum atomic E-state index is 11.2. The molecule has 0 bridgehead atoms. The van der Waals surface area contributed by atoms with Gasteiger partial charge in [-0.05, 0) is 32.3 Å². The Morgan fingerprint density at radius 2 is 2.20 bits per heavy atom. The number of aryl methyl sites for hydroxylation is 1. The predicted molar refractivity (Wildman–Crippen MR) is 70.8 cm³/mol. The molecule has 0 aliphatic heterocycles. The highest BCUT2D eigenvalue weighted by Crippen LogP contribution is 2.38. The van der Waals surface area contributed by atoms with Crippen molar-refractivity contribution in [1.82, 2.24) is 10.1 Å². The molecule has 0 spiro atoms. The quantitative estimate of drug-likeness (QED) is 0.679. The Morgan fingerprint density at radius 3 is 2.80 bits per heavy atom. The van der Waals surface area contributed by atoms with E-state index < -0.39 is 10.5 Å². The van der Waals surface area contributed by atoms with Gasteiger partial charge in [-0.15, -0.1) is 0 Å². The molecule has 1 heterocycles. The van der Waals surface area contributed by atoms with Crippen LogP contribution >= 0.6 is 0 Å². The van der Waals surface area contributed by atoms with Crippen LogP contribution in [0.5, 0.6) is 0 Å². The van der Waals surface area contributed by atoms with Crippen molar-refractivity contribution in [3.05, 3.63) is 39.7 Å². The van der Waals surface area contributed by atoms with Crippen LogP contribution in [0.25, 0.3) is 11.5 Å². The topological polar surface area (TPSA) is 108 Å². The fourth-order valence-electron chi connectivity index (χ4n) is 2.39. The van der Waals surface area contributed by atoms with Gasteiger partial charge >= 0.3 is 0 Å². The van der Waals surface area contributed by atoms with Crippen LogP contribution in [-0.2, 0) is 5.54 Å². The summed E-state index contributed by atoms with van der Waals surface area (Å²) < 4.78 is 5.17. The van der Waals surface area contributed by atoms with Crippen LogP contribution < -0.4 is 5.73 Å². The van der Waals surface area contributed by atoms with Crippen molar-refractivity contribution in [3.8, 4) is 11.5 Å². The number of nitrogens with two attached hydrogens (primary N) is 1. The smallest absolute Gasteiger partial charge is 0.285 e. The first-order valence-electron chi connectivity index (χ1n) is 6.39. The minimum absolute atomic E-state index is 0.0117. The molecule has 0 amide bonds. The lowest BCUT2D eigenvalue weighted by Gasteiger charge is -2.34. The van der Waals surface area contributed by atoms with E-state index in [0.717, 1.165) is 19.3 Å². The average Bonchev–Trinajstić information content (AvgIpc) is 2.84. The summed E-state index contributed by atoms with van der Waals surface area (Å²) in [6, 6.07) is 5.00. The van der Waals surface area contributed by atoms with Crippen molar-refractivity contribution in [2.75, 3.05) is 0 Å². The molecule has 0 saturated heterocycles. The van der Waals surface area contributed by atoms with Gasteiger partial charge in [-0.3, -0.25) is 10.1 Å². The number of nitrogens with zero attached hydrogens (tertiary/aromatic N) is 3. The van der Waals surface area contributed by atoms with E-state index >= 15 is 0 Å². The van der Waals surface area contributed by atoms with Crippen molar-refractivity contribution in [1.29, 1.82) is 0 Å². The van der Waals surface area contributed by atoms with Gasteiger partial charge in [0.05, 0.1) is 10.5 Å². The third-order valence-corrected chi connectivity index (χ3v) is 3.77. The number of nitro benzene ring substituents is 1. The molecule has 2 aromatic rings. The minimum atomic E-state index is -0.541. The van der Waals surface area contributed by atoms with Gasteiger partial charge in [-0.1, -0.05) is 17.3 Å². The molecular weight excluding hydrogens is 260 g/mol. The Morgan fingerprint density at radius 1 is 1.45 bits per heavy atom. The highest BCUT2D eigenvalue weighted by atomic mass is 16.6. The Bertz CT molecular complexity index is 676. The monoisotopic (exact) mass is 274 g/mol. The molecule has 1 aromatic heterocycles. The number of hydrogen-bond donors (Lipinski definition) is 1. The number of para-hydroxylation sites is 1. The van der Waals surface area contributed by atoms with E-state index in [-0.39, 0.29) is 11.6 Å². The van der Waals surface area contributed by atoms with Gasteiger partial charge < -0.3 is 10.3 Å². The van der Waals surface area contributed by atoms with E-state index in [4.69, 9.17) is 10.3 Å². The predicted octanol–water partition coefficient (Wildman–Crippen LogP) is 2.29. The molecular formula is C13H14N4O3. The largest absolute Gasteiger partial charge is 0.334 e. The molecule has 1 aliphatic carbocycles. The third-order valence-electron chi connectivity index (χ3n) is 3.77.